The minimum absolute atomic E-state index is 0.200. The molecule has 0 saturated carbocycles. The monoisotopic (exact) mass is 338 g/mol. The lowest BCUT2D eigenvalue weighted by molar-refractivity contribution is 0.263. The SMILES string of the molecule is Cc1cc(C)c(CN(CCN)Cc2ccc(C(C)(C)C)cc2)c(C)c1. The molecule has 0 aliphatic heterocycles. The Hall–Kier alpha value is -1.64. The molecule has 0 aliphatic rings. The first-order valence-electron chi connectivity index (χ1n) is 9.29. The van der Waals surface area contributed by atoms with Crippen molar-refractivity contribution in [2.75, 3.05) is 13.1 Å². The van der Waals surface area contributed by atoms with Gasteiger partial charge in [-0.25, -0.2) is 0 Å². The van der Waals surface area contributed by atoms with E-state index in [0.717, 1.165) is 19.6 Å². The molecule has 2 nitrogen and oxygen atoms in total. The van der Waals surface area contributed by atoms with Crippen LogP contribution in [0.15, 0.2) is 36.4 Å². The molecule has 0 atom stereocenters. The second kappa shape index (κ2) is 8.16. The highest BCUT2D eigenvalue weighted by atomic mass is 15.1. The Morgan fingerprint density at radius 2 is 1.44 bits per heavy atom. The summed E-state index contributed by atoms with van der Waals surface area (Å²) in [4.78, 5) is 2.46. The molecule has 0 aliphatic carbocycles. The minimum Gasteiger partial charge on any atom is -0.329 e. The third kappa shape index (κ3) is 5.42. The zero-order valence-corrected chi connectivity index (χ0v) is 16.8. The van der Waals surface area contributed by atoms with Crippen molar-refractivity contribution in [3.63, 3.8) is 0 Å². The summed E-state index contributed by atoms with van der Waals surface area (Å²) in [5, 5.41) is 0. The largest absolute Gasteiger partial charge is 0.329 e. The van der Waals surface area contributed by atoms with E-state index >= 15 is 0 Å². The molecule has 0 aromatic heterocycles. The van der Waals surface area contributed by atoms with E-state index in [9.17, 15) is 0 Å². The summed E-state index contributed by atoms with van der Waals surface area (Å²) in [5.41, 5.74) is 14.3. The fourth-order valence-electron chi connectivity index (χ4n) is 3.45. The average molecular weight is 339 g/mol. The number of benzene rings is 2. The molecule has 2 rings (SSSR count). The molecule has 0 heterocycles. The second-order valence-corrected chi connectivity index (χ2v) is 8.32. The van der Waals surface area contributed by atoms with Crippen molar-refractivity contribution < 1.29 is 0 Å². The molecule has 0 bridgehead atoms. The zero-order chi connectivity index (χ0) is 18.6. The van der Waals surface area contributed by atoms with Crippen LogP contribution in [0.25, 0.3) is 0 Å². The molecule has 25 heavy (non-hydrogen) atoms. The van der Waals surface area contributed by atoms with Crippen LogP contribution >= 0.6 is 0 Å². The molecule has 0 amide bonds. The lowest BCUT2D eigenvalue weighted by atomic mass is 9.87. The number of nitrogens with two attached hydrogens (primary N) is 1. The van der Waals surface area contributed by atoms with Crippen LogP contribution in [0.4, 0.5) is 0 Å². The molecule has 0 radical (unpaired) electrons. The number of rotatable bonds is 6. The van der Waals surface area contributed by atoms with Crippen LogP contribution in [0.1, 0.15) is 54.2 Å². The summed E-state index contributed by atoms with van der Waals surface area (Å²) < 4.78 is 0. The number of hydrogen-bond donors (Lipinski definition) is 1. The highest BCUT2D eigenvalue weighted by Crippen LogP contribution is 2.23. The van der Waals surface area contributed by atoms with Gasteiger partial charge >= 0.3 is 0 Å². The number of hydrogen-bond acceptors (Lipinski definition) is 2. The summed E-state index contributed by atoms with van der Waals surface area (Å²) in [6.07, 6.45) is 0. The van der Waals surface area contributed by atoms with Gasteiger partial charge < -0.3 is 5.73 Å². The lowest BCUT2D eigenvalue weighted by Crippen LogP contribution is -2.29. The molecule has 0 spiro atoms. The van der Waals surface area contributed by atoms with Gasteiger partial charge in [-0.15, -0.1) is 0 Å². The Bertz CT molecular complexity index is 670. The second-order valence-electron chi connectivity index (χ2n) is 8.32. The number of nitrogens with zero attached hydrogens (tertiary/aromatic N) is 1. The Kier molecular flexibility index (Phi) is 6.42. The van der Waals surface area contributed by atoms with Crippen molar-refractivity contribution >= 4 is 0 Å². The van der Waals surface area contributed by atoms with Gasteiger partial charge in [0.25, 0.3) is 0 Å². The molecule has 2 aromatic carbocycles. The van der Waals surface area contributed by atoms with Crippen LogP contribution < -0.4 is 5.73 Å². The van der Waals surface area contributed by atoms with E-state index in [2.05, 4.69) is 82.8 Å². The highest BCUT2D eigenvalue weighted by molar-refractivity contribution is 5.37. The van der Waals surface area contributed by atoms with Crippen LogP contribution in [0, 0.1) is 20.8 Å². The molecule has 2 heteroatoms. The van der Waals surface area contributed by atoms with E-state index < -0.39 is 0 Å². The fourth-order valence-corrected chi connectivity index (χ4v) is 3.45. The van der Waals surface area contributed by atoms with Gasteiger partial charge in [0, 0.05) is 26.2 Å². The molecule has 0 saturated heterocycles. The van der Waals surface area contributed by atoms with E-state index in [1.165, 1.54) is 33.4 Å². The predicted octanol–water partition coefficient (Wildman–Crippen LogP) is 4.87. The van der Waals surface area contributed by atoms with E-state index in [0.29, 0.717) is 6.54 Å². The minimum atomic E-state index is 0.200. The normalized spacial score (nSPS) is 12.0. The molecule has 136 valence electrons. The zero-order valence-electron chi connectivity index (χ0n) is 16.8. The molecular formula is C23H34N2. The van der Waals surface area contributed by atoms with Crippen LogP contribution in [-0.4, -0.2) is 18.0 Å². The van der Waals surface area contributed by atoms with Crippen molar-refractivity contribution in [3.8, 4) is 0 Å². The van der Waals surface area contributed by atoms with Crippen molar-refractivity contribution in [2.24, 2.45) is 5.73 Å². The first-order chi connectivity index (χ1) is 11.7. The van der Waals surface area contributed by atoms with E-state index in [-0.39, 0.29) is 5.41 Å². The van der Waals surface area contributed by atoms with Gasteiger partial charge in [-0.05, 0) is 54.0 Å². The number of aryl methyl sites for hydroxylation is 3. The van der Waals surface area contributed by atoms with Crippen LogP contribution in [-0.2, 0) is 18.5 Å². The average Bonchev–Trinajstić information content (AvgIpc) is 2.50. The van der Waals surface area contributed by atoms with E-state index in [1.54, 1.807) is 0 Å². The fraction of sp³-hybridized carbons (Fsp3) is 0.478. The Labute approximate surface area is 154 Å². The van der Waals surface area contributed by atoms with Gasteiger partial charge in [-0.3, -0.25) is 4.90 Å². The summed E-state index contributed by atoms with van der Waals surface area (Å²) >= 11 is 0. The third-order valence-electron chi connectivity index (χ3n) is 4.89. The van der Waals surface area contributed by atoms with Gasteiger partial charge in [0.1, 0.15) is 0 Å². The van der Waals surface area contributed by atoms with Crippen LogP contribution in [0.3, 0.4) is 0 Å². The summed E-state index contributed by atoms with van der Waals surface area (Å²) in [6, 6.07) is 13.6. The Balaban J connectivity index is 2.16. The molecule has 2 N–H and O–H groups in total. The lowest BCUT2D eigenvalue weighted by Gasteiger charge is -2.25. The van der Waals surface area contributed by atoms with E-state index in [1.807, 2.05) is 0 Å². The quantitative estimate of drug-likeness (QED) is 0.814. The maximum atomic E-state index is 5.88. The summed E-state index contributed by atoms with van der Waals surface area (Å²) in [5.74, 6) is 0. The third-order valence-corrected chi connectivity index (χ3v) is 4.89. The molecular weight excluding hydrogens is 304 g/mol. The van der Waals surface area contributed by atoms with Crippen molar-refractivity contribution in [2.45, 2.75) is 60.0 Å². The van der Waals surface area contributed by atoms with Gasteiger partial charge in [0.15, 0.2) is 0 Å². The van der Waals surface area contributed by atoms with Crippen molar-refractivity contribution in [1.82, 2.24) is 4.90 Å². The maximum Gasteiger partial charge on any atom is 0.0243 e. The highest BCUT2D eigenvalue weighted by Gasteiger charge is 2.14. The van der Waals surface area contributed by atoms with Gasteiger partial charge in [0.05, 0.1) is 0 Å². The van der Waals surface area contributed by atoms with E-state index in [4.69, 9.17) is 5.73 Å². The smallest absolute Gasteiger partial charge is 0.0243 e. The molecule has 2 aromatic rings. The topological polar surface area (TPSA) is 29.3 Å². The Morgan fingerprint density at radius 1 is 0.880 bits per heavy atom. The molecule has 0 fully saturated rings. The standard InChI is InChI=1S/C23H34N2/c1-17-13-18(2)22(19(3)14-17)16-25(12-11-24)15-20-7-9-21(10-8-20)23(4,5)6/h7-10,13-14H,11-12,15-16,24H2,1-6H3. The molecule has 0 unspecified atom stereocenters. The first-order valence-corrected chi connectivity index (χ1v) is 9.29. The van der Waals surface area contributed by atoms with Gasteiger partial charge in [-0.1, -0.05) is 62.7 Å². The summed E-state index contributed by atoms with van der Waals surface area (Å²) in [6.45, 7) is 16.9. The summed E-state index contributed by atoms with van der Waals surface area (Å²) in [7, 11) is 0. The predicted molar refractivity (Wildman–Crippen MR) is 109 cm³/mol. The van der Waals surface area contributed by atoms with Crippen molar-refractivity contribution in [3.05, 3.63) is 69.8 Å². The van der Waals surface area contributed by atoms with Crippen molar-refractivity contribution in [1.29, 1.82) is 0 Å². The van der Waals surface area contributed by atoms with Gasteiger partial charge in [0.2, 0.25) is 0 Å². The van der Waals surface area contributed by atoms with Gasteiger partial charge in [-0.2, -0.15) is 0 Å². The Morgan fingerprint density at radius 3 is 1.92 bits per heavy atom. The van der Waals surface area contributed by atoms with Crippen LogP contribution in [0.2, 0.25) is 0 Å². The maximum absolute atomic E-state index is 5.88. The van der Waals surface area contributed by atoms with Crippen LogP contribution in [0.5, 0.6) is 0 Å². The first kappa shape index (κ1) is 19.7.